The number of ether oxygens (including phenoxy) is 1. The number of benzene rings is 2. The van der Waals surface area contributed by atoms with Crippen molar-refractivity contribution >= 4 is 18.0 Å². The third-order valence-corrected chi connectivity index (χ3v) is 6.65. The van der Waals surface area contributed by atoms with Crippen LogP contribution in [0.25, 0.3) is 11.1 Å². The molecule has 1 fully saturated rings. The fraction of sp³-hybridized carbons (Fsp3) is 0.423. The summed E-state index contributed by atoms with van der Waals surface area (Å²) in [6.45, 7) is 1.88. The average Bonchev–Trinajstić information content (AvgIpc) is 3.17. The van der Waals surface area contributed by atoms with Crippen molar-refractivity contribution in [3.8, 4) is 11.1 Å². The van der Waals surface area contributed by atoms with Crippen molar-refractivity contribution in [2.75, 3.05) is 32.8 Å². The first-order valence-corrected chi connectivity index (χ1v) is 11.9. The molecule has 2 amide bonds. The number of carboxylic acids is 1. The van der Waals surface area contributed by atoms with Gasteiger partial charge in [-0.1, -0.05) is 48.5 Å². The summed E-state index contributed by atoms with van der Waals surface area (Å²) < 4.78 is 5.62. The number of aliphatic hydroxyl groups is 1. The number of aliphatic carboxylic acids is 1. The van der Waals surface area contributed by atoms with Crippen LogP contribution in [0.2, 0.25) is 0 Å². The molecule has 0 aromatic heterocycles. The van der Waals surface area contributed by atoms with Gasteiger partial charge in [-0.25, -0.2) is 9.59 Å². The maximum absolute atomic E-state index is 12.5. The van der Waals surface area contributed by atoms with Crippen molar-refractivity contribution in [2.45, 2.75) is 37.3 Å². The van der Waals surface area contributed by atoms with Gasteiger partial charge in [-0.05, 0) is 35.1 Å². The average molecular weight is 482 g/mol. The number of nitrogens with zero attached hydrogens (tertiary/aromatic N) is 1. The lowest BCUT2D eigenvalue weighted by atomic mass is 9.98. The van der Waals surface area contributed by atoms with Crippen LogP contribution in [-0.4, -0.2) is 78.0 Å². The number of amides is 2. The van der Waals surface area contributed by atoms with Gasteiger partial charge < -0.3 is 25.6 Å². The standard InChI is InChI=1S/C26H31N3O6/c30-23(25(32)33)9-12-27-24(31)15-29-13-10-17(11-14-29)28-26(34)35-16-22-20-7-3-1-5-18(20)19-6-2-4-8-21(19)22/h1-8,17,22-23,30H,9-16H2,(H,27,31)(H,28,34)(H,32,33). The number of fused-ring (bicyclic) bond motifs is 3. The molecule has 186 valence electrons. The molecule has 0 radical (unpaired) electrons. The second kappa shape index (κ2) is 11.3. The molecule has 35 heavy (non-hydrogen) atoms. The molecule has 9 heteroatoms. The van der Waals surface area contributed by atoms with Crippen molar-refractivity contribution in [1.82, 2.24) is 15.5 Å². The lowest BCUT2D eigenvalue weighted by molar-refractivity contribution is -0.147. The van der Waals surface area contributed by atoms with E-state index in [4.69, 9.17) is 9.84 Å². The molecule has 2 aliphatic rings. The Hall–Kier alpha value is -3.43. The van der Waals surface area contributed by atoms with Crippen molar-refractivity contribution in [3.05, 3.63) is 59.7 Å². The molecule has 1 unspecified atom stereocenters. The number of likely N-dealkylation sites (tertiary alicyclic amines) is 1. The highest BCUT2D eigenvalue weighted by atomic mass is 16.5. The predicted molar refractivity (Wildman–Crippen MR) is 129 cm³/mol. The van der Waals surface area contributed by atoms with Gasteiger partial charge in [0, 0.05) is 38.0 Å². The molecule has 4 rings (SSSR count). The van der Waals surface area contributed by atoms with Crippen molar-refractivity contribution in [1.29, 1.82) is 0 Å². The molecule has 1 aliphatic carbocycles. The third kappa shape index (κ3) is 6.17. The first-order chi connectivity index (χ1) is 16.9. The number of carboxylic acid groups (broad SMARTS) is 1. The zero-order valence-corrected chi connectivity index (χ0v) is 19.5. The number of rotatable bonds is 9. The smallest absolute Gasteiger partial charge is 0.407 e. The van der Waals surface area contributed by atoms with Crippen molar-refractivity contribution < 1.29 is 29.3 Å². The van der Waals surface area contributed by atoms with E-state index in [1.54, 1.807) is 0 Å². The van der Waals surface area contributed by atoms with Crippen LogP contribution < -0.4 is 10.6 Å². The zero-order chi connectivity index (χ0) is 24.8. The molecular formula is C26H31N3O6. The minimum Gasteiger partial charge on any atom is -0.479 e. The Kier molecular flexibility index (Phi) is 7.99. The van der Waals surface area contributed by atoms with Gasteiger partial charge in [0.05, 0.1) is 6.54 Å². The maximum Gasteiger partial charge on any atom is 0.407 e. The van der Waals surface area contributed by atoms with Crippen LogP contribution in [-0.2, 0) is 14.3 Å². The van der Waals surface area contributed by atoms with E-state index in [-0.39, 0.29) is 44.0 Å². The second-order valence-electron chi connectivity index (χ2n) is 9.01. The lowest BCUT2D eigenvalue weighted by Crippen LogP contribution is -2.47. The molecular weight excluding hydrogens is 450 g/mol. The lowest BCUT2D eigenvalue weighted by Gasteiger charge is -2.31. The summed E-state index contributed by atoms with van der Waals surface area (Å²) >= 11 is 0. The molecule has 1 heterocycles. The van der Waals surface area contributed by atoms with Gasteiger partial charge in [-0.15, -0.1) is 0 Å². The Morgan fingerprint density at radius 2 is 1.60 bits per heavy atom. The summed E-state index contributed by atoms with van der Waals surface area (Å²) in [6.07, 6.45) is -0.535. The number of carbonyl (C=O) groups is 3. The summed E-state index contributed by atoms with van der Waals surface area (Å²) in [7, 11) is 0. The molecule has 0 spiro atoms. The van der Waals surface area contributed by atoms with Crippen LogP contribution in [0.4, 0.5) is 4.79 Å². The molecule has 1 atom stereocenters. The fourth-order valence-corrected chi connectivity index (χ4v) is 4.77. The van der Waals surface area contributed by atoms with Gasteiger partial charge >= 0.3 is 12.1 Å². The van der Waals surface area contributed by atoms with Gasteiger partial charge in [0.1, 0.15) is 6.61 Å². The summed E-state index contributed by atoms with van der Waals surface area (Å²) in [4.78, 5) is 37.1. The van der Waals surface area contributed by atoms with Crippen LogP contribution in [0.5, 0.6) is 0 Å². The van der Waals surface area contributed by atoms with Gasteiger partial charge in [-0.3, -0.25) is 9.69 Å². The minimum absolute atomic E-state index is 0.0179. The number of aliphatic hydroxyl groups excluding tert-OH is 1. The topological polar surface area (TPSA) is 128 Å². The quantitative estimate of drug-likeness (QED) is 0.431. The minimum atomic E-state index is -1.48. The molecule has 1 saturated heterocycles. The van der Waals surface area contributed by atoms with Gasteiger partial charge in [-0.2, -0.15) is 0 Å². The number of piperidine rings is 1. The van der Waals surface area contributed by atoms with E-state index in [1.807, 2.05) is 29.2 Å². The summed E-state index contributed by atoms with van der Waals surface area (Å²) in [6, 6.07) is 16.4. The number of nitrogens with one attached hydrogen (secondary N) is 2. The zero-order valence-electron chi connectivity index (χ0n) is 19.5. The Balaban J connectivity index is 1.18. The van der Waals surface area contributed by atoms with E-state index in [0.29, 0.717) is 25.9 Å². The molecule has 2 aromatic carbocycles. The summed E-state index contributed by atoms with van der Waals surface area (Å²) in [5.74, 6) is -1.50. The van der Waals surface area contributed by atoms with E-state index < -0.39 is 18.2 Å². The summed E-state index contributed by atoms with van der Waals surface area (Å²) in [5.41, 5.74) is 4.72. The molecule has 0 saturated carbocycles. The Morgan fingerprint density at radius 1 is 1.00 bits per heavy atom. The highest BCUT2D eigenvalue weighted by Crippen LogP contribution is 2.44. The Bertz CT molecular complexity index is 1020. The van der Waals surface area contributed by atoms with E-state index in [0.717, 1.165) is 0 Å². The first kappa shape index (κ1) is 24.7. The fourth-order valence-electron chi connectivity index (χ4n) is 4.77. The van der Waals surface area contributed by atoms with Gasteiger partial charge in [0.2, 0.25) is 5.91 Å². The molecule has 0 bridgehead atoms. The van der Waals surface area contributed by atoms with Gasteiger partial charge in [0.25, 0.3) is 0 Å². The molecule has 2 aromatic rings. The van der Waals surface area contributed by atoms with E-state index in [1.165, 1.54) is 22.3 Å². The normalized spacial score (nSPS) is 16.7. The van der Waals surface area contributed by atoms with Crippen molar-refractivity contribution in [2.24, 2.45) is 0 Å². The predicted octanol–water partition coefficient (Wildman–Crippen LogP) is 1.94. The maximum atomic E-state index is 12.5. The number of carbonyl (C=O) groups excluding carboxylic acids is 2. The van der Waals surface area contributed by atoms with Gasteiger partial charge in [0.15, 0.2) is 6.10 Å². The SMILES string of the molecule is O=C(CN1CCC(NC(=O)OCC2c3ccccc3-c3ccccc32)CC1)NCCC(O)C(=O)O. The number of hydrogen-bond acceptors (Lipinski definition) is 6. The van der Waals surface area contributed by atoms with E-state index >= 15 is 0 Å². The molecule has 9 nitrogen and oxygen atoms in total. The van der Waals surface area contributed by atoms with Crippen LogP contribution >= 0.6 is 0 Å². The van der Waals surface area contributed by atoms with Crippen LogP contribution in [0, 0.1) is 0 Å². The number of hydrogen-bond donors (Lipinski definition) is 4. The largest absolute Gasteiger partial charge is 0.479 e. The van der Waals surface area contributed by atoms with E-state index in [9.17, 15) is 19.5 Å². The Labute approximate surface area is 204 Å². The van der Waals surface area contributed by atoms with Crippen LogP contribution in [0.1, 0.15) is 36.3 Å². The third-order valence-electron chi connectivity index (χ3n) is 6.65. The first-order valence-electron chi connectivity index (χ1n) is 11.9. The highest BCUT2D eigenvalue weighted by Gasteiger charge is 2.29. The van der Waals surface area contributed by atoms with Crippen LogP contribution in [0.3, 0.4) is 0 Å². The molecule has 4 N–H and O–H groups in total. The van der Waals surface area contributed by atoms with Crippen molar-refractivity contribution in [3.63, 3.8) is 0 Å². The molecule has 1 aliphatic heterocycles. The summed E-state index contributed by atoms with van der Waals surface area (Å²) in [5, 5.41) is 23.5. The monoisotopic (exact) mass is 481 g/mol. The Morgan fingerprint density at radius 3 is 2.20 bits per heavy atom. The van der Waals surface area contributed by atoms with E-state index in [2.05, 4.69) is 34.9 Å². The second-order valence-corrected chi connectivity index (χ2v) is 9.01. The van der Waals surface area contributed by atoms with Crippen LogP contribution in [0.15, 0.2) is 48.5 Å². The number of alkyl carbamates (subject to hydrolysis) is 1. The highest BCUT2D eigenvalue weighted by molar-refractivity contribution is 5.79.